The second kappa shape index (κ2) is 7.55. The number of carbonyl (C=O) groups is 1. The summed E-state index contributed by atoms with van der Waals surface area (Å²) in [6.07, 6.45) is 0. The summed E-state index contributed by atoms with van der Waals surface area (Å²) in [6.45, 7) is 4.70. The summed E-state index contributed by atoms with van der Waals surface area (Å²) >= 11 is 0. The summed E-state index contributed by atoms with van der Waals surface area (Å²) in [6, 6.07) is 11.9. The fourth-order valence-electron chi connectivity index (χ4n) is 3.92. The Morgan fingerprint density at radius 3 is 2.58 bits per heavy atom. The minimum Gasteiger partial charge on any atom is -0.494 e. The van der Waals surface area contributed by atoms with Gasteiger partial charge in [0.05, 0.1) is 30.0 Å². The van der Waals surface area contributed by atoms with Crippen LogP contribution in [-0.2, 0) is 4.74 Å². The number of aryl methyl sites for hydroxylation is 1. The average Bonchev–Trinajstić information content (AvgIpc) is 3.35. The van der Waals surface area contributed by atoms with Gasteiger partial charge in [0.25, 0.3) is 0 Å². The molecule has 0 bridgehead atoms. The Hall–Kier alpha value is -3.65. The van der Waals surface area contributed by atoms with Crippen LogP contribution in [0, 0.1) is 12.7 Å². The van der Waals surface area contributed by atoms with Crippen molar-refractivity contribution in [3.8, 4) is 17.0 Å². The van der Waals surface area contributed by atoms with Gasteiger partial charge < -0.3 is 24.3 Å². The van der Waals surface area contributed by atoms with Gasteiger partial charge in [-0.15, -0.1) is 0 Å². The second-order valence-electron chi connectivity index (χ2n) is 7.53. The number of nitrogens with one attached hydrogen (secondary N) is 1. The van der Waals surface area contributed by atoms with Crippen molar-refractivity contribution in [2.75, 3.05) is 31.2 Å². The van der Waals surface area contributed by atoms with Crippen LogP contribution < -0.4 is 4.90 Å². The molecule has 4 aromatic rings. The lowest BCUT2D eigenvalue weighted by Crippen LogP contribution is -2.36. The molecule has 31 heavy (non-hydrogen) atoms. The number of anilines is 1. The number of morpholine rings is 1. The predicted octanol–water partition coefficient (Wildman–Crippen LogP) is 4.04. The van der Waals surface area contributed by atoms with Crippen molar-refractivity contribution in [2.45, 2.75) is 6.92 Å². The van der Waals surface area contributed by atoms with Gasteiger partial charge in [-0.3, -0.25) is 4.79 Å². The molecule has 2 aromatic heterocycles. The van der Waals surface area contributed by atoms with Gasteiger partial charge in [-0.2, -0.15) is 0 Å². The maximum atomic E-state index is 14.9. The highest BCUT2D eigenvalue weighted by Gasteiger charge is 2.24. The van der Waals surface area contributed by atoms with Gasteiger partial charge in [0.1, 0.15) is 5.82 Å². The Labute approximate surface area is 177 Å². The fraction of sp³-hybridized carbons (Fsp3) is 0.217. The van der Waals surface area contributed by atoms with Crippen LogP contribution in [0.4, 0.5) is 10.1 Å². The van der Waals surface area contributed by atoms with Crippen LogP contribution >= 0.6 is 0 Å². The van der Waals surface area contributed by atoms with E-state index in [1.807, 2.05) is 24.3 Å². The molecule has 0 unspecified atom stereocenters. The first-order valence-electron chi connectivity index (χ1n) is 9.96. The number of carbonyl (C=O) groups excluding carboxylic acids is 1. The lowest BCUT2D eigenvalue weighted by atomic mass is 9.99. The molecule has 0 radical (unpaired) electrons. The van der Waals surface area contributed by atoms with Crippen LogP contribution in [0.25, 0.3) is 22.0 Å². The standard InChI is InChI=1S/C23H20FN3O4/c1-13-10-20(31-26-13)22(28)21-17-11-16(18(24)12-19(17)25-23(21)29)14-2-4-15(5-3-14)27-6-8-30-9-7-27/h2-5,10-12,25,29H,6-9H2,1H3. The number of ether oxygens (including phenoxy) is 1. The molecular formula is C23H20FN3O4. The topological polar surface area (TPSA) is 91.6 Å². The summed E-state index contributed by atoms with van der Waals surface area (Å²) in [5, 5.41) is 14.5. The van der Waals surface area contributed by atoms with E-state index in [9.17, 15) is 14.3 Å². The van der Waals surface area contributed by atoms with Crippen LogP contribution in [-0.4, -0.2) is 47.3 Å². The molecule has 2 aromatic carbocycles. The number of hydrogen-bond donors (Lipinski definition) is 2. The predicted molar refractivity (Wildman–Crippen MR) is 113 cm³/mol. The zero-order valence-electron chi connectivity index (χ0n) is 16.8. The molecule has 0 saturated carbocycles. The van der Waals surface area contributed by atoms with Crippen LogP contribution in [0.2, 0.25) is 0 Å². The van der Waals surface area contributed by atoms with E-state index in [-0.39, 0.29) is 17.2 Å². The molecular weight excluding hydrogens is 401 g/mol. The molecule has 2 N–H and O–H groups in total. The van der Waals surface area contributed by atoms with E-state index in [1.165, 1.54) is 12.1 Å². The highest BCUT2D eigenvalue weighted by Crippen LogP contribution is 2.35. The van der Waals surface area contributed by atoms with Gasteiger partial charge in [-0.1, -0.05) is 17.3 Å². The van der Waals surface area contributed by atoms with Gasteiger partial charge in [0, 0.05) is 35.8 Å². The van der Waals surface area contributed by atoms with E-state index in [4.69, 9.17) is 9.26 Å². The SMILES string of the molecule is Cc1cc(C(=O)c2c(O)[nH]c3cc(F)c(-c4ccc(N5CCOCC5)cc4)cc23)on1. The van der Waals surface area contributed by atoms with Gasteiger partial charge in [0.15, 0.2) is 0 Å². The van der Waals surface area contributed by atoms with Crippen molar-refractivity contribution in [1.29, 1.82) is 0 Å². The largest absolute Gasteiger partial charge is 0.494 e. The number of aromatic amines is 1. The summed E-state index contributed by atoms with van der Waals surface area (Å²) in [4.78, 5) is 17.8. The molecule has 1 aliphatic heterocycles. The molecule has 1 saturated heterocycles. The van der Waals surface area contributed by atoms with E-state index >= 15 is 0 Å². The number of ketones is 1. The van der Waals surface area contributed by atoms with Crippen molar-refractivity contribution < 1.29 is 23.6 Å². The van der Waals surface area contributed by atoms with E-state index in [2.05, 4.69) is 15.0 Å². The number of aromatic nitrogens is 2. The first kappa shape index (κ1) is 19.3. The van der Waals surface area contributed by atoms with Gasteiger partial charge in [0.2, 0.25) is 17.4 Å². The molecule has 1 aliphatic rings. The first-order chi connectivity index (χ1) is 15.0. The lowest BCUT2D eigenvalue weighted by Gasteiger charge is -2.28. The average molecular weight is 421 g/mol. The Balaban J connectivity index is 1.55. The third-order valence-electron chi connectivity index (χ3n) is 5.50. The quantitative estimate of drug-likeness (QED) is 0.483. The van der Waals surface area contributed by atoms with Crippen molar-refractivity contribution in [2.24, 2.45) is 0 Å². The zero-order chi connectivity index (χ0) is 21.5. The maximum Gasteiger partial charge on any atom is 0.237 e. The number of halogens is 1. The lowest BCUT2D eigenvalue weighted by molar-refractivity contribution is 0.0999. The van der Waals surface area contributed by atoms with Gasteiger partial charge >= 0.3 is 0 Å². The Kier molecular flexibility index (Phi) is 4.71. The number of nitrogens with zero attached hydrogens (tertiary/aromatic N) is 2. The summed E-state index contributed by atoms with van der Waals surface area (Å²) in [5.74, 6) is -1.31. The third kappa shape index (κ3) is 3.44. The van der Waals surface area contributed by atoms with Crippen molar-refractivity contribution in [1.82, 2.24) is 10.1 Å². The number of aromatic hydroxyl groups is 1. The van der Waals surface area contributed by atoms with Crippen LogP contribution in [0.1, 0.15) is 21.8 Å². The van der Waals surface area contributed by atoms with E-state index in [0.717, 1.165) is 18.8 Å². The van der Waals surface area contributed by atoms with Gasteiger partial charge in [-0.05, 0) is 36.8 Å². The fourth-order valence-corrected chi connectivity index (χ4v) is 3.92. The monoisotopic (exact) mass is 421 g/mol. The number of hydrogen-bond acceptors (Lipinski definition) is 6. The Morgan fingerprint density at radius 2 is 1.90 bits per heavy atom. The van der Waals surface area contributed by atoms with Crippen LogP contribution in [0.15, 0.2) is 47.0 Å². The highest BCUT2D eigenvalue weighted by molar-refractivity contribution is 6.17. The highest BCUT2D eigenvalue weighted by atomic mass is 19.1. The molecule has 0 aliphatic carbocycles. The molecule has 7 nitrogen and oxygen atoms in total. The Morgan fingerprint density at radius 1 is 1.16 bits per heavy atom. The summed E-state index contributed by atoms with van der Waals surface area (Å²) < 4.78 is 25.3. The normalized spacial score (nSPS) is 14.3. The molecule has 5 rings (SSSR count). The van der Waals surface area contributed by atoms with E-state index in [0.29, 0.717) is 40.9 Å². The van der Waals surface area contributed by atoms with E-state index in [1.54, 1.807) is 13.0 Å². The van der Waals surface area contributed by atoms with Crippen molar-refractivity contribution >= 4 is 22.4 Å². The summed E-state index contributed by atoms with van der Waals surface area (Å²) in [5.41, 5.74) is 2.95. The summed E-state index contributed by atoms with van der Waals surface area (Å²) in [7, 11) is 0. The second-order valence-corrected chi connectivity index (χ2v) is 7.53. The molecule has 0 amide bonds. The molecule has 0 spiro atoms. The molecule has 1 fully saturated rings. The molecule has 0 atom stereocenters. The van der Waals surface area contributed by atoms with Gasteiger partial charge in [-0.25, -0.2) is 4.39 Å². The number of H-pyrrole nitrogens is 1. The third-order valence-corrected chi connectivity index (χ3v) is 5.50. The molecule has 158 valence electrons. The molecule has 3 heterocycles. The first-order valence-corrected chi connectivity index (χ1v) is 9.96. The molecule has 8 heteroatoms. The van der Waals surface area contributed by atoms with Crippen molar-refractivity contribution in [3.63, 3.8) is 0 Å². The van der Waals surface area contributed by atoms with Crippen molar-refractivity contribution in [3.05, 3.63) is 65.3 Å². The Bertz CT molecular complexity index is 1270. The number of fused-ring (bicyclic) bond motifs is 1. The minimum absolute atomic E-state index is 0.00874. The zero-order valence-corrected chi connectivity index (χ0v) is 16.8. The number of rotatable bonds is 4. The van der Waals surface area contributed by atoms with Crippen LogP contribution in [0.3, 0.4) is 0 Å². The smallest absolute Gasteiger partial charge is 0.237 e. The minimum atomic E-state index is -0.524. The maximum absolute atomic E-state index is 14.9. The number of benzene rings is 2. The van der Waals surface area contributed by atoms with E-state index < -0.39 is 11.6 Å². The van der Waals surface area contributed by atoms with Crippen LogP contribution in [0.5, 0.6) is 5.88 Å².